The Hall–Kier alpha value is -2.77. The van der Waals surface area contributed by atoms with Gasteiger partial charge in [-0.2, -0.15) is 0 Å². The second-order valence-electron chi connectivity index (χ2n) is 4.47. The largest absolute Gasteiger partial charge is 0.465 e. The summed E-state index contributed by atoms with van der Waals surface area (Å²) in [5, 5.41) is 11.0. The molecule has 1 aromatic rings. The molecule has 0 unspecified atom stereocenters. The zero-order chi connectivity index (χ0) is 17.4. The highest BCUT2D eigenvalue weighted by Gasteiger charge is 2.37. The standard InChI is InChI=1S/C15H17NO7/c1-3-22-14(18)13(15(19)23-4-2)12(17)9-10-7-5-6-8-11(10)16(20)21/h5-8,13H,3-4,9H2,1-2H3. The minimum atomic E-state index is -1.74. The fourth-order valence-corrected chi connectivity index (χ4v) is 1.94. The normalized spacial score (nSPS) is 10.2. The first-order valence-corrected chi connectivity index (χ1v) is 7.00. The second-order valence-corrected chi connectivity index (χ2v) is 4.47. The molecule has 0 amide bonds. The number of ether oxygens (including phenoxy) is 2. The number of para-hydroxylation sites is 1. The van der Waals surface area contributed by atoms with Crippen LogP contribution in [0.4, 0.5) is 5.69 Å². The van der Waals surface area contributed by atoms with Crippen LogP contribution in [-0.2, 0) is 30.3 Å². The van der Waals surface area contributed by atoms with E-state index in [1.54, 1.807) is 0 Å². The molecular formula is C15H17NO7. The monoisotopic (exact) mass is 323 g/mol. The van der Waals surface area contributed by atoms with Crippen molar-refractivity contribution in [3.8, 4) is 0 Å². The Morgan fingerprint density at radius 2 is 1.61 bits per heavy atom. The van der Waals surface area contributed by atoms with E-state index in [4.69, 9.17) is 9.47 Å². The third kappa shape index (κ3) is 4.87. The zero-order valence-corrected chi connectivity index (χ0v) is 12.8. The Labute approximate surface area is 132 Å². The maximum Gasteiger partial charge on any atom is 0.328 e. The smallest absolute Gasteiger partial charge is 0.328 e. The van der Waals surface area contributed by atoms with Crippen LogP contribution >= 0.6 is 0 Å². The second kappa shape index (κ2) is 8.62. The molecule has 0 bridgehead atoms. The van der Waals surface area contributed by atoms with Gasteiger partial charge >= 0.3 is 11.9 Å². The van der Waals surface area contributed by atoms with Crippen LogP contribution in [0.2, 0.25) is 0 Å². The molecule has 0 radical (unpaired) electrons. The van der Waals surface area contributed by atoms with Crippen LogP contribution in [0, 0.1) is 16.0 Å². The summed E-state index contributed by atoms with van der Waals surface area (Å²) < 4.78 is 9.43. The fourth-order valence-electron chi connectivity index (χ4n) is 1.94. The summed E-state index contributed by atoms with van der Waals surface area (Å²) >= 11 is 0. The third-order valence-electron chi connectivity index (χ3n) is 2.92. The number of esters is 2. The lowest BCUT2D eigenvalue weighted by atomic mass is 9.97. The molecule has 0 aromatic heterocycles. The first kappa shape index (κ1) is 18.3. The minimum absolute atomic E-state index is 0.00645. The Kier molecular flexibility index (Phi) is 6.85. The molecule has 0 aliphatic rings. The summed E-state index contributed by atoms with van der Waals surface area (Å²) in [4.78, 5) is 46.3. The van der Waals surface area contributed by atoms with E-state index >= 15 is 0 Å². The van der Waals surface area contributed by atoms with Crippen LogP contribution in [0.15, 0.2) is 24.3 Å². The number of nitro benzene ring substituents is 1. The lowest BCUT2D eigenvalue weighted by molar-refractivity contribution is -0.385. The number of carbonyl (C=O) groups is 3. The van der Waals surface area contributed by atoms with Crippen LogP contribution in [0.3, 0.4) is 0 Å². The van der Waals surface area contributed by atoms with Gasteiger partial charge in [0.2, 0.25) is 5.92 Å². The minimum Gasteiger partial charge on any atom is -0.465 e. The summed E-state index contributed by atoms with van der Waals surface area (Å²) in [6.45, 7) is 3.06. The van der Waals surface area contributed by atoms with Gasteiger partial charge in [0.15, 0.2) is 5.78 Å². The lowest BCUT2D eigenvalue weighted by Gasteiger charge is -2.13. The number of nitrogens with zero attached hydrogens (tertiary/aromatic N) is 1. The number of rotatable bonds is 8. The predicted molar refractivity (Wildman–Crippen MR) is 78.6 cm³/mol. The average molecular weight is 323 g/mol. The Balaban J connectivity index is 3.04. The van der Waals surface area contributed by atoms with Crippen molar-refractivity contribution in [1.82, 2.24) is 0 Å². The van der Waals surface area contributed by atoms with Crippen LogP contribution in [-0.4, -0.2) is 35.9 Å². The summed E-state index contributed by atoms with van der Waals surface area (Å²) in [6.07, 6.45) is -0.445. The molecule has 0 N–H and O–H groups in total. The van der Waals surface area contributed by atoms with E-state index in [-0.39, 0.29) is 24.5 Å². The number of Topliss-reactive ketones (excluding diaryl/α,β-unsaturated/α-hetero) is 1. The van der Waals surface area contributed by atoms with E-state index in [9.17, 15) is 24.5 Å². The number of benzene rings is 1. The Morgan fingerprint density at radius 3 is 2.09 bits per heavy atom. The maximum atomic E-state index is 12.3. The Bertz CT molecular complexity index is 594. The number of ketones is 1. The Morgan fingerprint density at radius 1 is 1.09 bits per heavy atom. The number of nitro groups is 1. The SMILES string of the molecule is CCOC(=O)C(C(=O)Cc1ccccc1[N+](=O)[O-])C(=O)OCC. The first-order chi connectivity index (χ1) is 10.9. The molecule has 8 nitrogen and oxygen atoms in total. The molecule has 0 heterocycles. The van der Waals surface area contributed by atoms with E-state index in [1.165, 1.54) is 38.1 Å². The quantitative estimate of drug-likeness (QED) is 0.308. The number of carbonyl (C=O) groups excluding carboxylic acids is 3. The summed E-state index contributed by atoms with van der Waals surface area (Å²) in [5.74, 6) is -4.59. The van der Waals surface area contributed by atoms with Gasteiger partial charge in [-0.15, -0.1) is 0 Å². The molecule has 8 heteroatoms. The van der Waals surface area contributed by atoms with Crippen molar-refractivity contribution in [3.63, 3.8) is 0 Å². The molecule has 0 fully saturated rings. The van der Waals surface area contributed by atoms with Crippen LogP contribution < -0.4 is 0 Å². The molecule has 0 aliphatic carbocycles. The summed E-state index contributed by atoms with van der Waals surface area (Å²) in [7, 11) is 0. The van der Waals surface area contributed by atoms with Crippen LogP contribution in [0.5, 0.6) is 0 Å². The molecule has 0 saturated carbocycles. The van der Waals surface area contributed by atoms with Gasteiger partial charge in [-0.05, 0) is 13.8 Å². The highest BCUT2D eigenvalue weighted by Crippen LogP contribution is 2.20. The number of hydrogen-bond donors (Lipinski definition) is 0. The molecule has 1 rings (SSSR count). The highest BCUT2D eigenvalue weighted by atomic mass is 16.6. The zero-order valence-electron chi connectivity index (χ0n) is 12.8. The van der Waals surface area contributed by atoms with Crippen molar-refractivity contribution in [2.45, 2.75) is 20.3 Å². The molecule has 124 valence electrons. The van der Waals surface area contributed by atoms with E-state index in [0.29, 0.717) is 0 Å². The average Bonchev–Trinajstić information content (AvgIpc) is 2.48. The van der Waals surface area contributed by atoms with Gasteiger partial charge in [0.25, 0.3) is 5.69 Å². The highest BCUT2D eigenvalue weighted by molar-refractivity contribution is 6.15. The lowest BCUT2D eigenvalue weighted by Crippen LogP contribution is -2.36. The van der Waals surface area contributed by atoms with Crippen molar-refractivity contribution >= 4 is 23.4 Å². The van der Waals surface area contributed by atoms with Crippen molar-refractivity contribution in [2.24, 2.45) is 5.92 Å². The predicted octanol–water partition coefficient (Wildman–Crippen LogP) is 1.45. The number of hydrogen-bond acceptors (Lipinski definition) is 7. The molecule has 0 saturated heterocycles. The van der Waals surface area contributed by atoms with Gasteiger partial charge in [-0.25, -0.2) is 0 Å². The summed E-state index contributed by atoms with van der Waals surface area (Å²) in [6, 6.07) is 5.62. The molecule has 1 aromatic carbocycles. The molecule has 0 spiro atoms. The van der Waals surface area contributed by atoms with E-state index < -0.39 is 35.0 Å². The van der Waals surface area contributed by atoms with Gasteiger partial charge in [0, 0.05) is 18.1 Å². The summed E-state index contributed by atoms with van der Waals surface area (Å²) in [5.41, 5.74) is -0.145. The maximum absolute atomic E-state index is 12.3. The van der Waals surface area contributed by atoms with Crippen molar-refractivity contribution in [1.29, 1.82) is 0 Å². The van der Waals surface area contributed by atoms with Crippen molar-refractivity contribution < 1.29 is 28.8 Å². The van der Waals surface area contributed by atoms with Gasteiger partial charge in [-0.3, -0.25) is 24.5 Å². The van der Waals surface area contributed by atoms with Crippen molar-refractivity contribution in [2.75, 3.05) is 13.2 Å². The van der Waals surface area contributed by atoms with E-state index in [2.05, 4.69) is 0 Å². The first-order valence-electron chi connectivity index (χ1n) is 7.00. The van der Waals surface area contributed by atoms with E-state index in [0.717, 1.165) is 0 Å². The molecule has 23 heavy (non-hydrogen) atoms. The molecule has 0 aliphatic heterocycles. The van der Waals surface area contributed by atoms with Crippen molar-refractivity contribution in [3.05, 3.63) is 39.9 Å². The third-order valence-corrected chi connectivity index (χ3v) is 2.92. The molecular weight excluding hydrogens is 306 g/mol. The topological polar surface area (TPSA) is 113 Å². The fraction of sp³-hybridized carbons (Fsp3) is 0.400. The van der Waals surface area contributed by atoms with Gasteiger partial charge in [-0.1, -0.05) is 18.2 Å². The van der Waals surface area contributed by atoms with Gasteiger partial charge in [0.05, 0.1) is 18.1 Å². The van der Waals surface area contributed by atoms with Crippen LogP contribution in [0.25, 0.3) is 0 Å². The van der Waals surface area contributed by atoms with Gasteiger partial charge < -0.3 is 9.47 Å². The van der Waals surface area contributed by atoms with Crippen LogP contribution in [0.1, 0.15) is 19.4 Å². The molecule has 0 atom stereocenters. The van der Waals surface area contributed by atoms with Gasteiger partial charge in [0.1, 0.15) is 0 Å². The van der Waals surface area contributed by atoms with E-state index in [1.807, 2.05) is 0 Å².